The number of H-pyrrole nitrogens is 1. The summed E-state index contributed by atoms with van der Waals surface area (Å²) in [5, 5.41) is 9.60. The second-order valence-electron chi connectivity index (χ2n) is 6.04. The molecule has 0 radical (unpaired) electrons. The quantitative estimate of drug-likeness (QED) is 0.500. The van der Waals surface area contributed by atoms with Crippen molar-refractivity contribution >= 4 is 5.97 Å². The number of aromatic nitrogens is 1. The monoisotopic (exact) mass is 339 g/mol. The zero-order valence-electron chi connectivity index (χ0n) is 14.0. The van der Waals surface area contributed by atoms with Crippen LogP contribution in [-0.2, 0) is 0 Å². The predicted octanol–water partition coefficient (Wildman–Crippen LogP) is 5.71. The number of rotatable bonds is 4. The summed E-state index contributed by atoms with van der Waals surface area (Å²) in [6.07, 6.45) is 1.95. The standard InChI is InChI=1S/C23H17NO2/c25-23(26)19-14-8-7-13-18(19)22-21(17-11-5-2-6-12-17)20(15-24-22)16-9-3-1-4-10-16/h1-15,24H,(H,25,26). The lowest BCUT2D eigenvalue weighted by Gasteiger charge is -2.10. The van der Waals surface area contributed by atoms with Gasteiger partial charge >= 0.3 is 5.97 Å². The van der Waals surface area contributed by atoms with Gasteiger partial charge in [-0.25, -0.2) is 4.79 Å². The van der Waals surface area contributed by atoms with Crippen molar-refractivity contribution in [2.45, 2.75) is 0 Å². The van der Waals surface area contributed by atoms with Crippen LogP contribution in [0, 0.1) is 0 Å². The molecule has 4 aromatic rings. The van der Waals surface area contributed by atoms with E-state index in [4.69, 9.17) is 0 Å². The van der Waals surface area contributed by atoms with Crippen LogP contribution in [0.1, 0.15) is 10.4 Å². The van der Waals surface area contributed by atoms with Crippen molar-refractivity contribution in [3.8, 4) is 33.5 Å². The minimum Gasteiger partial charge on any atom is -0.478 e. The Morgan fingerprint density at radius 3 is 1.92 bits per heavy atom. The van der Waals surface area contributed by atoms with Crippen molar-refractivity contribution in [1.29, 1.82) is 0 Å². The molecule has 0 unspecified atom stereocenters. The lowest BCUT2D eigenvalue weighted by Crippen LogP contribution is -1.99. The van der Waals surface area contributed by atoms with Gasteiger partial charge in [-0.3, -0.25) is 0 Å². The largest absolute Gasteiger partial charge is 0.478 e. The first-order valence-electron chi connectivity index (χ1n) is 8.40. The molecule has 26 heavy (non-hydrogen) atoms. The van der Waals surface area contributed by atoms with Gasteiger partial charge in [0.05, 0.1) is 11.3 Å². The van der Waals surface area contributed by atoms with E-state index in [9.17, 15) is 9.90 Å². The van der Waals surface area contributed by atoms with Crippen LogP contribution in [0.5, 0.6) is 0 Å². The third-order valence-electron chi connectivity index (χ3n) is 4.45. The summed E-state index contributed by atoms with van der Waals surface area (Å²) in [5.41, 5.74) is 5.96. The van der Waals surface area contributed by atoms with E-state index in [-0.39, 0.29) is 5.56 Å². The molecular formula is C23H17NO2. The Balaban J connectivity index is 2.01. The molecule has 126 valence electrons. The van der Waals surface area contributed by atoms with Crippen molar-refractivity contribution in [3.63, 3.8) is 0 Å². The van der Waals surface area contributed by atoms with Crippen LogP contribution in [0.2, 0.25) is 0 Å². The van der Waals surface area contributed by atoms with Crippen LogP contribution in [0.25, 0.3) is 33.5 Å². The molecule has 0 spiro atoms. The maximum Gasteiger partial charge on any atom is 0.336 e. The Morgan fingerprint density at radius 2 is 1.27 bits per heavy atom. The molecule has 0 aliphatic heterocycles. The molecule has 3 heteroatoms. The Labute approximate surface area is 151 Å². The highest BCUT2D eigenvalue weighted by atomic mass is 16.4. The number of benzene rings is 3. The highest BCUT2D eigenvalue weighted by molar-refractivity contribution is 6.01. The summed E-state index contributed by atoms with van der Waals surface area (Å²) in [6.45, 7) is 0. The average Bonchev–Trinajstić information content (AvgIpc) is 3.14. The van der Waals surface area contributed by atoms with Crippen molar-refractivity contribution in [2.75, 3.05) is 0 Å². The molecule has 1 heterocycles. The van der Waals surface area contributed by atoms with E-state index in [1.54, 1.807) is 12.1 Å². The van der Waals surface area contributed by atoms with Gasteiger partial charge in [0.15, 0.2) is 0 Å². The molecule has 1 aromatic heterocycles. The molecule has 3 aromatic carbocycles. The molecule has 0 saturated heterocycles. The SMILES string of the molecule is O=C(O)c1ccccc1-c1[nH]cc(-c2ccccc2)c1-c1ccccc1. The molecular weight excluding hydrogens is 322 g/mol. The number of carboxylic acid groups (broad SMARTS) is 1. The molecule has 0 aliphatic rings. The topological polar surface area (TPSA) is 53.1 Å². The summed E-state index contributed by atoms with van der Waals surface area (Å²) >= 11 is 0. The second-order valence-corrected chi connectivity index (χ2v) is 6.04. The third-order valence-corrected chi connectivity index (χ3v) is 4.45. The summed E-state index contributed by atoms with van der Waals surface area (Å²) in [4.78, 5) is 15.0. The Morgan fingerprint density at radius 1 is 0.692 bits per heavy atom. The van der Waals surface area contributed by atoms with Crippen LogP contribution in [-0.4, -0.2) is 16.1 Å². The van der Waals surface area contributed by atoms with Crippen molar-refractivity contribution < 1.29 is 9.90 Å². The first kappa shape index (κ1) is 15.9. The molecule has 0 saturated carbocycles. The molecule has 0 fully saturated rings. The van der Waals surface area contributed by atoms with E-state index in [1.165, 1.54) is 0 Å². The normalized spacial score (nSPS) is 10.6. The number of nitrogens with one attached hydrogen (secondary N) is 1. The smallest absolute Gasteiger partial charge is 0.336 e. The van der Waals surface area contributed by atoms with Gasteiger partial charge in [0.25, 0.3) is 0 Å². The summed E-state index contributed by atoms with van der Waals surface area (Å²) < 4.78 is 0. The van der Waals surface area contributed by atoms with Gasteiger partial charge in [-0.2, -0.15) is 0 Å². The van der Waals surface area contributed by atoms with Crippen LogP contribution >= 0.6 is 0 Å². The highest BCUT2D eigenvalue weighted by Gasteiger charge is 2.20. The molecule has 0 amide bonds. The minimum absolute atomic E-state index is 0.283. The fraction of sp³-hybridized carbons (Fsp3) is 0. The number of hydrogen-bond donors (Lipinski definition) is 2. The molecule has 0 atom stereocenters. The van der Waals surface area contributed by atoms with Crippen LogP contribution in [0.15, 0.2) is 91.1 Å². The van der Waals surface area contributed by atoms with Crippen LogP contribution in [0.3, 0.4) is 0 Å². The summed E-state index contributed by atoms with van der Waals surface area (Å²) in [5.74, 6) is -0.935. The molecule has 3 nitrogen and oxygen atoms in total. The number of carbonyl (C=O) groups is 1. The number of hydrogen-bond acceptors (Lipinski definition) is 1. The summed E-state index contributed by atoms with van der Waals surface area (Å²) in [7, 11) is 0. The van der Waals surface area contributed by atoms with Crippen LogP contribution in [0.4, 0.5) is 0 Å². The molecule has 0 aliphatic carbocycles. The highest BCUT2D eigenvalue weighted by Crippen LogP contribution is 2.40. The number of carboxylic acids is 1. The first-order chi connectivity index (χ1) is 12.8. The van der Waals surface area contributed by atoms with Crippen molar-refractivity contribution in [1.82, 2.24) is 4.98 Å². The zero-order valence-corrected chi connectivity index (χ0v) is 14.0. The van der Waals surface area contributed by atoms with E-state index in [0.29, 0.717) is 5.56 Å². The molecule has 2 N–H and O–H groups in total. The maximum atomic E-state index is 11.7. The van der Waals surface area contributed by atoms with Crippen molar-refractivity contribution in [2.24, 2.45) is 0 Å². The maximum absolute atomic E-state index is 11.7. The second kappa shape index (κ2) is 6.73. The molecule has 0 bridgehead atoms. The van der Waals surface area contributed by atoms with Crippen LogP contribution < -0.4 is 0 Å². The average molecular weight is 339 g/mol. The van der Waals surface area contributed by atoms with E-state index >= 15 is 0 Å². The van der Waals surface area contributed by atoms with Crippen molar-refractivity contribution in [3.05, 3.63) is 96.7 Å². The predicted molar refractivity (Wildman–Crippen MR) is 104 cm³/mol. The lowest BCUT2D eigenvalue weighted by atomic mass is 9.93. The van der Waals surface area contributed by atoms with E-state index in [2.05, 4.69) is 17.1 Å². The number of aromatic carboxylic acids is 1. The van der Waals surface area contributed by atoms with Gasteiger partial charge < -0.3 is 10.1 Å². The first-order valence-corrected chi connectivity index (χ1v) is 8.40. The Hall–Kier alpha value is -3.59. The summed E-state index contributed by atoms with van der Waals surface area (Å²) in [6, 6.07) is 27.2. The third kappa shape index (κ3) is 2.80. The lowest BCUT2D eigenvalue weighted by molar-refractivity contribution is 0.0697. The molecule has 4 rings (SSSR count). The fourth-order valence-corrected chi connectivity index (χ4v) is 3.27. The number of aromatic amines is 1. The van der Waals surface area contributed by atoms with Gasteiger partial charge in [-0.15, -0.1) is 0 Å². The Kier molecular flexibility index (Phi) is 4.12. The van der Waals surface area contributed by atoms with Gasteiger partial charge in [-0.05, 0) is 17.2 Å². The van der Waals surface area contributed by atoms with Gasteiger partial charge in [0.1, 0.15) is 0 Å². The zero-order chi connectivity index (χ0) is 17.9. The Bertz CT molecular complexity index is 1050. The van der Waals surface area contributed by atoms with Gasteiger partial charge in [0.2, 0.25) is 0 Å². The minimum atomic E-state index is -0.935. The van der Waals surface area contributed by atoms with Gasteiger partial charge in [-0.1, -0.05) is 78.9 Å². The van der Waals surface area contributed by atoms with E-state index < -0.39 is 5.97 Å². The van der Waals surface area contributed by atoms with E-state index in [0.717, 1.165) is 27.9 Å². The van der Waals surface area contributed by atoms with E-state index in [1.807, 2.05) is 66.9 Å². The fourth-order valence-electron chi connectivity index (χ4n) is 3.27. The van der Waals surface area contributed by atoms with Gasteiger partial charge in [0, 0.05) is 22.9 Å².